The number of rotatable bonds is 6. The zero-order valence-corrected chi connectivity index (χ0v) is 17.5. The molecular formula is C17H25ClIN5. The van der Waals surface area contributed by atoms with Crippen LogP contribution < -0.4 is 5.32 Å². The maximum absolute atomic E-state index is 6.24. The standard InChI is InChI=1S/C17H24ClN5.HI/c1-4-19-17(20-10-9-14-11-21-23(3)12-14)22(2)13-15-7-5-6-8-16(15)18;/h5-8,11-12H,4,9-10,13H2,1-3H3,(H,19,20);1H. The van der Waals surface area contributed by atoms with Crippen molar-refractivity contribution in [2.75, 3.05) is 20.1 Å². The van der Waals surface area contributed by atoms with Gasteiger partial charge in [0.2, 0.25) is 0 Å². The largest absolute Gasteiger partial charge is 0.357 e. The predicted molar refractivity (Wildman–Crippen MR) is 111 cm³/mol. The van der Waals surface area contributed by atoms with Crippen molar-refractivity contribution in [2.45, 2.75) is 19.9 Å². The second-order valence-electron chi connectivity index (χ2n) is 5.46. The van der Waals surface area contributed by atoms with E-state index < -0.39 is 0 Å². The van der Waals surface area contributed by atoms with Gasteiger partial charge in [-0.2, -0.15) is 5.10 Å². The number of nitrogens with one attached hydrogen (secondary N) is 1. The van der Waals surface area contributed by atoms with Crippen molar-refractivity contribution in [3.8, 4) is 0 Å². The van der Waals surface area contributed by atoms with Crippen LogP contribution in [-0.4, -0.2) is 40.8 Å². The molecule has 0 aliphatic heterocycles. The average molecular weight is 462 g/mol. The van der Waals surface area contributed by atoms with E-state index in [0.717, 1.165) is 42.6 Å². The highest BCUT2D eigenvalue weighted by molar-refractivity contribution is 14.0. The van der Waals surface area contributed by atoms with E-state index in [4.69, 9.17) is 16.6 Å². The lowest BCUT2D eigenvalue weighted by Gasteiger charge is -2.22. The van der Waals surface area contributed by atoms with Crippen LogP contribution in [-0.2, 0) is 20.0 Å². The fraction of sp³-hybridized carbons (Fsp3) is 0.412. The number of halogens is 2. The van der Waals surface area contributed by atoms with Gasteiger partial charge in [0.15, 0.2) is 5.96 Å². The summed E-state index contributed by atoms with van der Waals surface area (Å²) >= 11 is 6.24. The van der Waals surface area contributed by atoms with Gasteiger partial charge in [-0.25, -0.2) is 0 Å². The average Bonchev–Trinajstić information content (AvgIpc) is 2.94. The van der Waals surface area contributed by atoms with Gasteiger partial charge in [-0.15, -0.1) is 24.0 Å². The summed E-state index contributed by atoms with van der Waals surface area (Å²) in [5.74, 6) is 0.885. The van der Waals surface area contributed by atoms with Crippen LogP contribution in [0.15, 0.2) is 41.7 Å². The molecule has 7 heteroatoms. The van der Waals surface area contributed by atoms with Crippen molar-refractivity contribution in [1.82, 2.24) is 20.0 Å². The smallest absolute Gasteiger partial charge is 0.193 e. The number of nitrogens with zero attached hydrogens (tertiary/aromatic N) is 4. The third-order valence-electron chi connectivity index (χ3n) is 3.48. The number of aliphatic imine (C=N–C) groups is 1. The Bertz CT molecular complexity index is 656. The first-order valence-electron chi connectivity index (χ1n) is 7.80. The van der Waals surface area contributed by atoms with Gasteiger partial charge in [0.1, 0.15) is 0 Å². The van der Waals surface area contributed by atoms with Gasteiger partial charge in [-0.05, 0) is 30.5 Å². The second kappa shape index (κ2) is 10.6. The lowest BCUT2D eigenvalue weighted by Crippen LogP contribution is -2.38. The normalized spacial score (nSPS) is 11.1. The fourth-order valence-electron chi connectivity index (χ4n) is 2.32. The highest BCUT2D eigenvalue weighted by atomic mass is 127. The quantitative estimate of drug-likeness (QED) is 0.408. The van der Waals surface area contributed by atoms with Gasteiger partial charge < -0.3 is 10.2 Å². The summed E-state index contributed by atoms with van der Waals surface area (Å²) in [6, 6.07) is 7.90. The number of aryl methyl sites for hydroxylation is 1. The SMILES string of the molecule is CCNC(=NCCc1cnn(C)c1)N(C)Cc1ccccc1Cl.I. The van der Waals surface area contributed by atoms with E-state index in [1.165, 1.54) is 5.56 Å². The maximum Gasteiger partial charge on any atom is 0.193 e. The summed E-state index contributed by atoms with van der Waals surface area (Å²) < 4.78 is 1.81. The number of hydrogen-bond donors (Lipinski definition) is 1. The Hall–Kier alpha value is -1.28. The Morgan fingerprint density at radius 1 is 1.38 bits per heavy atom. The number of guanidine groups is 1. The first kappa shape index (κ1) is 20.8. The molecule has 0 atom stereocenters. The van der Waals surface area contributed by atoms with E-state index in [1.54, 1.807) is 0 Å². The number of hydrogen-bond acceptors (Lipinski definition) is 2. The third kappa shape index (κ3) is 6.32. The summed E-state index contributed by atoms with van der Waals surface area (Å²) in [7, 11) is 3.95. The molecule has 132 valence electrons. The molecule has 1 heterocycles. The summed E-state index contributed by atoms with van der Waals surface area (Å²) in [5.41, 5.74) is 2.29. The molecule has 0 saturated heterocycles. The minimum absolute atomic E-state index is 0. The fourth-order valence-corrected chi connectivity index (χ4v) is 2.51. The van der Waals surface area contributed by atoms with E-state index in [0.29, 0.717) is 0 Å². The van der Waals surface area contributed by atoms with Crippen LogP contribution in [0.4, 0.5) is 0 Å². The summed E-state index contributed by atoms with van der Waals surface area (Å²) in [5, 5.41) is 8.29. The predicted octanol–water partition coefficient (Wildman–Crippen LogP) is 3.33. The molecule has 0 aliphatic carbocycles. The maximum atomic E-state index is 6.24. The van der Waals surface area contributed by atoms with Gasteiger partial charge in [0.25, 0.3) is 0 Å². The Morgan fingerprint density at radius 3 is 2.75 bits per heavy atom. The van der Waals surface area contributed by atoms with Gasteiger partial charge in [-0.3, -0.25) is 9.67 Å². The zero-order valence-electron chi connectivity index (χ0n) is 14.4. The van der Waals surface area contributed by atoms with Crippen LogP contribution in [0, 0.1) is 0 Å². The molecule has 1 aromatic heterocycles. The van der Waals surface area contributed by atoms with Crippen molar-refractivity contribution >= 4 is 41.5 Å². The molecule has 0 fully saturated rings. The molecule has 0 bridgehead atoms. The van der Waals surface area contributed by atoms with Gasteiger partial charge in [-0.1, -0.05) is 29.8 Å². The molecule has 24 heavy (non-hydrogen) atoms. The van der Waals surface area contributed by atoms with E-state index in [9.17, 15) is 0 Å². The molecular weight excluding hydrogens is 437 g/mol. The molecule has 0 amide bonds. The zero-order chi connectivity index (χ0) is 16.7. The van der Waals surface area contributed by atoms with Crippen molar-refractivity contribution in [3.63, 3.8) is 0 Å². The van der Waals surface area contributed by atoms with Crippen LogP contribution in [0.3, 0.4) is 0 Å². The Morgan fingerprint density at radius 2 is 2.12 bits per heavy atom. The minimum Gasteiger partial charge on any atom is -0.357 e. The molecule has 5 nitrogen and oxygen atoms in total. The van der Waals surface area contributed by atoms with Crippen molar-refractivity contribution < 1.29 is 0 Å². The van der Waals surface area contributed by atoms with E-state index in [1.807, 2.05) is 55.4 Å². The molecule has 0 radical (unpaired) electrons. The minimum atomic E-state index is 0. The molecule has 0 spiro atoms. The van der Waals surface area contributed by atoms with Gasteiger partial charge in [0, 0.05) is 44.9 Å². The number of benzene rings is 1. The third-order valence-corrected chi connectivity index (χ3v) is 3.85. The van der Waals surface area contributed by atoms with Crippen molar-refractivity contribution in [2.24, 2.45) is 12.0 Å². The first-order chi connectivity index (χ1) is 11.1. The van der Waals surface area contributed by atoms with Crippen LogP contribution in [0.1, 0.15) is 18.1 Å². The van der Waals surface area contributed by atoms with Crippen molar-refractivity contribution in [1.29, 1.82) is 0 Å². The summed E-state index contributed by atoms with van der Waals surface area (Å²) in [6.07, 6.45) is 4.79. The molecule has 2 rings (SSSR count). The highest BCUT2D eigenvalue weighted by Crippen LogP contribution is 2.16. The molecule has 2 aromatic rings. The first-order valence-corrected chi connectivity index (χ1v) is 8.18. The monoisotopic (exact) mass is 461 g/mol. The van der Waals surface area contributed by atoms with E-state index in [2.05, 4.69) is 22.2 Å². The van der Waals surface area contributed by atoms with Crippen LogP contribution >= 0.6 is 35.6 Å². The highest BCUT2D eigenvalue weighted by Gasteiger charge is 2.08. The molecule has 1 N–H and O–H groups in total. The van der Waals surface area contributed by atoms with E-state index in [-0.39, 0.29) is 24.0 Å². The van der Waals surface area contributed by atoms with E-state index >= 15 is 0 Å². The van der Waals surface area contributed by atoms with Crippen LogP contribution in [0.25, 0.3) is 0 Å². The second-order valence-corrected chi connectivity index (χ2v) is 5.86. The summed E-state index contributed by atoms with van der Waals surface area (Å²) in [6.45, 7) is 4.35. The topological polar surface area (TPSA) is 45.5 Å². The number of aromatic nitrogens is 2. The Balaban J connectivity index is 0.00000288. The van der Waals surface area contributed by atoms with Crippen LogP contribution in [0.2, 0.25) is 5.02 Å². The summed E-state index contributed by atoms with van der Waals surface area (Å²) in [4.78, 5) is 6.79. The molecule has 0 aliphatic rings. The Labute approximate surface area is 166 Å². The molecule has 0 saturated carbocycles. The molecule has 1 aromatic carbocycles. The molecule has 0 unspecified atom stereocenters. The Kier molecular flexibility index (Phi) is 9.13. The lowest BCUT2D eigenvalue weighted by molar-refractivity contribution is 0.477. The lowest BCUT2D eigenvalue weighted by atomic mass is 10.2. The van der Waals surface area contributed by atoms with Gasteiger partial charge >= 0.3 is 0 Å². The van der Waals surface area contributed by atoms with Crippen molar-refractivity contribution in [3.05, 3.63) is 52.8 Å². The van der Waals surface area contributed by atoms with Crippen LogP contribution in [0.5, 0.6) is 0 Å². The van der Waals surface area contributed by atoms with Gasteiger partial charge in [0.05, 0.1) is 6.20 Å².